The minimum atomic E-state index is -0.290. The Labute approximate surface area is 168 Å². The number of nitrogens with one attached hydrogen (secondary N) is 1. The zero-order valence-corrected chi connectivity index (χ0v) is 16.2. The molecule has 8 nitrogen and oxygen atoms in total. The number of fused-ring (bicyclic) bond motifs is 1. The van der Waals surface area contributed by atoms with Crippen LogP contribution in [0.1, 0.15) is 34.9 Å². The molecule has 1 N–H and O–H groups in total. The first-order valence-corrected chi connectivity index (χ1v) is 9.65. The number of hydrogen-bond donors (Lipinski definition) is 1. The van der Waals surface area contributed by atoms with Gasteiger partial charge in [-0.25, -0.2) is 0 Å². The van der Waals surface area contributed by atoms with Crippen molar-refractivity contribution in [1.29, 1.82) is 0 Å². The van der Waals surface area contributed by atoms with Gasteiger partial charge in [0.2, 0.25) is 5.91 Å². The fourth-order valence-corrected chi connectivity index (χ4v) is 3.66. The molecule has 0 saturated carbocycles. The maximum Gasteiger partial charge on any atom is 0.251 e. The van der Waals surface area contributed by atoms with Crippen LogP contribution in [-0.2, 0) is 4.79 Å². The summed E-state index contributed by atoms with van der Waals surface area (Å²) in [6, 6.07) is 12.7. The van der Waals surface area contributed by atoms with E-state index in [0.717, 1.165) is 24.3 Å². The predicted octanol–water partition coefficient (Wildman–Crippen LogP) is 1.87. The van der Waals surface area contributed by atoms with Crippen molar-refractivity contribution in [1.82, 2.24) is 24.8 Å². The smallest absolute Gasteiger partial charge is 0.251 e. The van der Waals surface area contributed by atoms with E-state index in [0.29, 0.717) is 24.4 Å². The lowest BCUT2D eigenvalue weighted by molar-refractivity contribution is -0.131. The van der Waals surface area contributed by atoms with Crippen LogP contribution < -0.4 is 10.1 Å². The average Bonchev–Trinajstić information content (AvgIpc) is 3.21. The Morgan fingerprint density at radius 2 is 1.97 bits per heavy atom. The van der Waals surface area contributed by atoms with Crippen LogP contribution >= 0.6 is 0 Å². The monoisotopic (exact) mass is 393 g/mol. The summed E-state index contributed by atoms with van der Waals surface area (Å²) in [6.45, 7) is 1.26. The summed E-state index contributed by atoms with van der Waals surface area (Å²) in [5, 5.41) is 11.3. The highest BCUT2D eigenvalue weighted by atomic mass is 16.5. The van der Waals surface area contributed by atoms with Gasteiger partial charge in [-0.2, -0.15) is 0 Å². The first-order valence-electron chi connectivity index (χ1n) is 9.65. The number of carbonyl (C=O) groups excluding carboxylic acids is 2. The Morgan fingerprint density at radius 1 is 1.14 bits per heavy atom. The number of carbonyl (C=O) groups is 2. The third kappa shape index (κ3) is 4.06. The third-order valence-corrected chi connectivity index (χ3v) is 5.29. The Hall–Kier alpha value is -3.42. The zero-order chi connectivity index (χ0) is 20.2. The molecule has 29 heavy (non-hydrogen) atoms. The molecule has 1 aliphatic rings. The Balaban J connectivity index is 1.30. The van der Waals surface area contributed by atoms with E-state index in [1.807, 2.05) is 28.8 Å². The minimum Gasteiger partial charge on any atom is -0.497 e. The second kappa shape index (κ2) is 8.30. The van der Waals surface area contributed by atoms with Gasteiger partial charge >= 0.3 is 0 Å². The van der Waals surface area contributed by atoms with Crippen LogP contribution in [0.3, 0.4) is 0 Å². The molecule has 3 aromatic rings. The van der Waals surface area contributed by atoms with Crippen LogP contribution in [0.4, 0.5) is 0 Å². The minimum absolute atomic E-state index is 0.0193. The van der Waals surface area contributed by atoms with Crippen molar-refractivity contribution in [2.75, 3.05) is 26.7 Å². The second-order valence-corrected chi connectivity index (χ2v) is 7.06. The molecule has 0 bridgehead atoms. The summed E-state index contributed by atoms with van der Waals surface area (Å²) in [4.78, 5) is 26.6. The lowest BCUT2D eigenvalue weighted by atomic mass is 9.96. The van der Waals surface area contributed by atoms with E-state index in [4.69, 9.17) is 4.74 Å². The molecule has 1 aliphatic heterocycles. The van der Waals surface area contributed by atoms with Crippen molar-refractivity contribution in [3.63, 3.8) is 0 Å². The number of aromatic nitrogens is 3. The second-order valence-electron chi connectivity index (χ2n) is 7.06. The van der Waals surface area contributed by atoms with Crippen LogP contribution in [0, 0.1) is 0 Å². The van der Waals surface area contributed by atoms with Crippen LogP contribution in [0.25, 0.3) is 5.65 Å². The van der Waals surface area contributed by atoms with Crippen LogP contribution in [-0.4, -0.2) is 58.1 Å². The van der Waals surface area contributed by atoms with E-state index in [9.17, 15) is 9.59 Å². The summed E-state index contributed by atoms with van der Waals surface area (Å²) in [5.74, 6) is 1.45. The first kappa shape index (κ1) is 18.9. The standard InChI is InChI=1S/C21H23N5O3/c1-29-17-6-4-5-16(13-17)21(28)22-14-19(27)25-11-8-15(9-12-25)20-24-23-18-7-2-3-10-26(18)20/h2-7,10,13,15H,8-9,11-12,14H2,1H3,(H,22,28). The maximum atomic E-state index is 12.5. The number of hydrogen-bond acceptors (Lipinski definition) is 5. The lowest BCUT2D eigenvalue weighted by Gasteiger charge is -2.31. The Kier molecular flexibility index (Phi) is 5.41. The summed E-state index contributed by atoms with van der Waals surface area (Å²) >= 11 is 0. The average molecular weight is 393 g/mol. The molecule has 3 heterocycles. The van der Waals surface area contributed by atoms with Gasteiger partial charge in [-0.15, -0.1) is 10.2 Å². The van der Waals surface area contributed by atoms with Gasteiger partial charge in [0.25, 0.3) is 5.91 Å². The van der Waals surface area contributed by atoms with E-state index in [1.54, 1.807) is 36.3 Å². The van der Waals surface area contributed by atoms with Crippen molar-refractivity contribution < 1.29 is 14.3 Å². The molecule has 8 heteroatoms. The molecular weight excluding hydrogens is 370 g/mol. The molecule has 150 valence electrons. The number of rotatable bonds is 5. The van der Waals surface area contributed by atoms with Gasteiger partial charge in [-0.3, -0.25) is 14.0 Å². The number of ether oxygens (including phenoxy) is 1. The number of piperidine rings is 1. The van der Waals surface area contributed by atoms with Gasteiger partial charge in [0.1, 0.15) is 11.6 Å². The number of amides is 2. The normalized spacial score (nSPS) is 14.7. The Bertz CT molecular complexity index is 1020. The van der Waals surface area contributed by atoms with Crippen LogP contribution in [0.2, 0.25) is 0 Å². The van der Waals surface area contributed by atoms with Crippen LogP contribution in [0.15, 0.2) is 48.7 Å². The molecule has 2 aromatic heterocycles. The molecule has 0 unspecified atom stereocenters. The van der Waals surface area contributed by atoms with Crippen LogP contribution in [0.5, 0.6) is 5.75 Å². The topological polar surface area (TPSA) is 88.8 Å². The van der Waals surface area contributed by atoms with Crippen molar-refractivity contribution in [3.8, 4) is 5.75 Å². The number of pyridine rings is 1. The number of benzene rings is 1. The fraction of sp³-hybridized carbons (Fsp3) is 0.333. The molecular formula is C21H23N5O3. The number of likely N-dealkylation sites (tertiary alicyclic amines) is 1. The number of nitrogens with zero attached hydrogens (tertiary/aromatic N) is 4. The van der Waals surface area contributed by atoms with E-state index >= 15 is 0 Å². The maximum absolute atomic E-state index is 12.5. The third-order valence-electron chi connectivity index (χ3n) is 5.29. The summed E-state index contributed by atoms with van der Waals surface area (Å²) < 4.78 is 7.14. The molecule has 0 aliphatic carbocycles. The molecule has 4 rings (SSSR count). The molecule has 1 aromatic carbocycles. The van der Waals surface area contributed by atoms with Crippen molar-refractivity contribution in [3.05, 3.63) is 60.0 Å². The van der Waals surface area contributed by atoms with Gasteiger partial charge in [0.05, 0.1) is 13.7 Å². The zero-order valence-electron chi connectivity index (χ0n) is 16.2. The van der Waals surface area contributed by atoms with Crippen molar-refractivity contribution in [2.24, 2.45) is 0 Å². The first-order chi connectivity index (χ1) is 14.2. The molecule has 2 amide bonds. The SMILES string of the molecule is COc1cccc(C(=O)NCC(=O)N2CCC(c3nnc4ccccn34)CC2)c1. The summed E-state index contributed by atoms with van der Waals surface area (Å²) in [5.41, 5.74) is 1.30. The van der Waals surface area contributed by atoms with Gasteiger partial charge in [-0.1, -0.05) is 12.1 Å². The quantitative estimate of drug-likeness (QED) is 0.715. The van der Waals surface area contributed by atoms with Crippen molar-refractivity contribution in [2.45, 2.75) is 18.8 Å². The molecule has 1 saturated heterocycles. The molecule has 0 radical (unpaired) electrons. The summed E-state index contributed by atoms with van der Waals surface area (Å²) in [7, 11) is 1.55. The van der Waals surface area contributed by atoms with Gasteiger partial charge < -0.3 is 15.0 Å². The van der Waals surface area contributed by atoms with Gasteiger partial charge in [0.15, 0.2) is 5.65 Å². The molecule has 0 spiro atoms. The van der Waals surface area contributed by atoms with Gasteiger partial charge in [-0.05, 0) is 43.2 Å². The van der Waals surface area contributed by atoms with E-state index in [-0.39, 0.29) is 24.3 Å². The van der Waals surface area contributed by atoms with E-state index < -0.39 is 0 Å². The van der Waals surface area contributed by atoms with Gasteiger partial charge in [0, 0.05) is 30.8 Å². The molecule has 0 atom stereocenters. The summed E-state index contributed by atoms with van der Waals surface area (Å²) in [6.07, 6.45) is 3.62. The Morgan fingerprint density at radius 3 is 2.76 bits per heavy atom. The number of methoxy groups -OCH3 is 1. The van der Waals surface area contributed by atoms with E-state index in [2.05, 4.69) is 15.5 Å². The highest BCUT2D eigenvalue weighted by Crippen LogP contribution is 2.27. The fourth-order valence-electron chi connectivity index (χ4n) is 3.66. The highest BCUT2D eigenvalue weighted by Gasteiger charge is 2.27. The van der Waals surface area contributed by atoms with Crippen molar-refractivity contribution >= 4 is 17.5 Å². The largest absolute Gasteiger partial charge is 0.497 e. The highest BCUT2D eigenvalue weighted by molar-refractivity contribution is 5.96. The lowest BCUT2D eigenvalue weighted by Crippen LogP contribution is -2.43. The van der Waals surface area contributed by atoms with E-state index in [1.165, 1.54) is 0 Å². The molecule has 1 fully saturated rings. The predicted molar refractivity (Wildman–Crippen MR) is 107 cm³/mol.